The van der Waals surface area contributed by atoms with Crippen LogP contribution >= 0.6 is 0 Å². The number of hydrogen-bond donors (Lipinski definition) is 2. The molecular weight excluding hydrogens is 342 g/mol. The second kappa shape index (κ2) is 18.6. The van der Waals surface area contributed by atoms with Crippen LogP contribution in [-0.2, 0) is 4.79 Å². The molecule has 160 valence electrons. The molecular formula is C22H43NO4. The van der Waals surface area contributed by atoms with Crippen LogP contribution in [0.2, 0.25) is 0 Å². The smallest absolute Gasteiger partial charge is 0.313 e. The van der Waals surface area contributed by atoms with Gasteiger partial charge in [0.05, 0.1) is 19.6 Å². The molecule has 0 spiro atoms. The zero-order chi connectivity index (χ0) is 20.2. The predicted molar refractivity (Wildman–Crippen MR) is 112 cm³/mol. The van der Waals surface area contributed by atoms with Crippen LogP contribution in [0.25, 0.3) is 0 Å². The van der Waals surface area contributed by atoms with Gasteiger partial charge in [0.15, 0.2) is 0 Å². The Labute approximate surface area is 166 Å². The van der Waals surface area contributed by atoms with Crippen molar-refractivity contribution in [1.82, 2.24) is 0 Å². The van der Waals surface area contributed by atoms with Crippen LogP contribution in [0, 0.1) is 5.21 Å². The number of aliphatic hydroxyl groups is 2. The van der Waals surface area contributed by atoms with E-state index in [1.807, 2.05) is 0 Å². The van der Waals surface area contributed by atoms with Crippen LogP contribution in [0.4, 0.5) is 0 Å². The third kappa shape index (κ3) is 14.9. The van der Waals surface area contributed by atoms with Crippen molar-refractivity contribution in [2.24, 2.45) is 0 Å². The van der Waals surface area contributed by atoms with Crippen molar-refractivity contribution >= 4 is 5.91 Å². The van der Waals surface area contributed by atoms with Gasteiger partial charge >= 0.3 is 5.91 Å². The van der Waals surface area contributed by atoms with Gasteiger partial charge in [0.2, 0.25) is 0 Å². The first kappa shape index (κ1) is 26.2. The van der Waals surface area contributed by atoms with Crippen molar-refractivity contribution in [1.29, 1.82) is 0 Å². The van der Waals surface area contributed by atoms with Crippen LogP contribution in [-0.4, -0.2) is 47.1 Å². The molecule has 1 amide bonds. The lowest BCUT2D eigenvalue weighted by Crippen LogP contribution is -2.51. The summed E-state index contributed by atoms with van der Waals surface area (Å²) in [4.78, 5) is 12.0. The molecule has 0 heterocycles. The van der Waals surface area contributed by atoms with Crippen LogP contribution in [0.5, 0.6) is 0 Å². The van der Waals surface area contributed by atoms with E-state index >= 15 is 0 Å². The third-order valence-electron chi connectivity index (χ3n) is 5.03. The van der Waals surface area contributed by atoms with E-state index in [9.17, 15) is 10.0 Å². The first-order valence-corrected chi connectivity index (χ1v) is 11.1. The summed E-state index contributed by atoms with van der Waals surface area (Å²) in [6.07, 6.45) is 20.3. The highest BCUT2D eigenvalue weighted by Gasteiger charge is 2.25. The molecule has 0 saturated heterocycles. The summed E-state index contributed by atoms with van der Waals surface area (Å²) >= 11 is 0. The average molecular weight is 386 g/mol. The Kier molecular flexibility index (Phi) is 18.1. The lowest BCUT2D eigenvalue weighted by atomic mass is 10.1. The first-order chi connectivity index (χ1) is 13.1. The Morgan fingerprint density at radius 2 is 1.22 bits per heavy atom. The summed E-state index contributed by atoms with van der Waals surface area (Å²) < 4.78 is -1.10. The van der Waals surface area contributed by atoms with E-state index in [0.717, 1.165) is 25.7 Å². The molecule has 0 rings (SSSR count). The number of hydroxylamine groups is 3. The fraction of sp³-hybridized carbons (Fsp3) is 0.864. The van der Waals surface area contributed by atoms with Gasteiger partial charge in [-0.05, 0) is 32.1 Å². The number of amides is 1. The van der Waals surface area contributed by atoms with Gasteiger partial charge in [-0.3, -0.25) is 4.65 Å². The summed E-state index contributed by atoms with van der Waals surface area (Å²) in [5, 5.41) is 30.1. The van der Waals surface area contributed by atoms with Gasteiger partial charge in [0.1, 0.15) is 13.1 Å². The van der Waals surface area contributed by atoms with Gasteiger partial charge in [-0.2, -0.15) is 0 Å². The Morgan fingerprint density at radius 1 is 0.778 bits per heavy atom. The number of unbranched alkanes of at least 4 members (excludes halogenated alkanes) is 11. The van der Waals surface area contributed by atoms with E-state index in [-0.39, 0.29) is 32.7 Å². The zero-order valence-electron chi connectivity index (χ0n) is 17.5. The summed E-state index contributed by atoms with van der Waals surface area (Å²) in [5.74, 6) is -0.421. The van der Waals surface area contributed by atoms with Gasteiger partial charge in [0, 0.05) is 0 Å². The molecule has 5 nitrogen and oxygen atoms in total. The fourth-order valence-electron chi connectivity index (χ4n) is 3.23. The second-order valence-electron chi connectivity index (χ2n) is 7.51. The number of quaternary nitrogens is 1. The predicted octanol–water partition coefficient (Wildman–Crippen LogP) is 4.85. The topological polar surface area (TPSA) is 80.6 Å². The molecule has 0 radical (unpaired) electrons. The summed E-state index contributed by atoms with van der Waals surface area (Å²) in [5.41, 5.74) is 0. The van der Waals surface area contributed by atoms with Crippen LogP contribution in [0.3, 0.4) is 0 Å². The third-order valence-corrected chi connectivity index (χ3v) is 5.03. The quantitative estimate of drug-likeness (QED) is 0.144. The van der Waals surface area contributed by atoms with Gasteiger partial charge < -0.3 is 15.4 Å². The minimum absolute atomic E-state index is 0.162. The lowest BCUT2D eigenvalue weighted by Gasteiger charge is -2.38. The fourth-order valence-corrected chi connectivity index (χ4v) is 3.23. The molecule has 0 atom stereocenters. The molecule has 27 heavy (non-hydrogen) atoms. The number of allylic oxidation sites excluding steroid dienone is 2. The van der Waals surface area contributed by atoms with E-state index in [0.29, 0.717) is 6.42 Å². The molecule has 0 fully saturated rings. The highest BCUT2D eigenvalue weighted by Crippen LogP contribution is 2.13. The standard InChI is InChI=1S/C22H43NO4/c1-2-3-4-5-6-7-8-9-10-11-12-13-14-15-16-17-22(26)23(27,18-20-24)19-21-25/h9-10,24-25H,2-8,11-21H2,1H3. The number of carbonyl (C=O) groups excluding carboxylic acids is 1. The summed E-state index contributed by atoms with van der Waals surface area (Å²) in [6, 6.07) is 0. The van der Waals surface area contributed by atoms with Crippen LogP contribution < -0.4 is 0 Å². The maximum Gasteiger partial charge on any atom is 0.313 e. The summed E-state index contributed by atoms with van der Waals surface area (Å²) in [7, 11) is 0. The number of hydrogen-bond acceptors (Lipinski definition) is 4. The Hall–Kier alpha value is -0.750. The molecule has 0 aromatic heterocycles. The highest BCUT2D eigenvalue weighted by atomic mass is 16.6. The maximum atomic E-state index is 12.2. The highest BCUT2D eigenvalue weighted by molar-refractivity contribution is 5.69. The van der Waals surface area contributed by atoms with Crippen LogP contribution in [0.15, 0.2) is 12.2 Å². The van der Waals surface area contributed by atoms with Crippen molar-refractivity contribution in [3.8, 4) is 0 Å². The number of aliphatic hydroxyl groups excluding tert-OH is 2. The van der Waals surface area contributed by atoms with E-state index in [1.165, 1.54) is 51.4 Å². The van der Waals surface area contributed by atoms with Gasteiger partial charge in [-0.1, -0.05) is 70.4 Å². The normalized spacial score (nSPS) is 12.1. The van der Waals surface area contributed by atoms with E-state index < -0.39 is 10.6 Å². The molecule has 0 aromatic rings. The maximum absolute atomic E-state index is 12.2. The molecule has 0 aliphatic rings. The lowest BCUT2D eigenvalue weighted by molar-refractivity contribution is -0.805. The first-order valence-electron chi connectivity index (χ1n) is 11.1. The minimum Gasteiger partial charge on any atom is -0.625 e. The monoisotopic (exact) mass is 385 g/mol. The largest absolute Gasteiger partial charge is 0.625 e. The van der Waals surface area contributed by atoms with Crippen LogP contribution in [0.1, 0.15) is 96.8 Å². The molecule has 0 aliphatic carbocycles. The molecule has 0 unspecified atom stereocenters. The molecule has 0 saturated carbocycles. The van der Waals surface area contributed by atoms with E-state index in [4.69, 9.17) is 10.2 Å². The van der Waals surface area contributed by atoms with Crippen molar-refractivity contribution in [3.05, 3.63) is 17.4 Å². The SMILES string of the molecule is CCCCCCCCC=CCCCCCCCC(=O)[N+]([O-])(CCO)CCO. The van der Waals surface area contributed by atoms with Gasteiger partial charge in [-0.15, -0.1) is 0 Å². The average Bonchev–Trinajstić information content (AvgIpc) is 2.65. The second-order valence-corrected chi connectivity index (χ2v) is 7.51. The number of carbonyl (C=O) groups is 1. The van der Waals surface area contributed by atoms with Crippen molar-refractivity contribution in [3.63, 3.8) is 0 Å². The van der Waals surface area contributed by atoms with Gasteiger partial charge in [-0.25, -0.2) is 4.79 Å². The van der Waals surface area contributed by atoms with Crippen molar-refractivity contribution in [2.75, 3.05) is 26.3 Å². The molecule has 0 aromatic carbocycles. The van der Waals surface area contributed by atoms with Crippen molar-refractivity contribution in [2.45, 2.75) is 96.8 Å². The molecule has 5 heteroatoms. The summed E-state index contributed by atoms with van der Waals surface area (Å²) in [6.45, 7) is 1.26. The minimum atomic E-state index is -1.10. The van der Waals surface area contributed by atoms with E-state index in [1.54, 1.807) is 0 Å². The van der Waals surface area contributed by atoms with E-state index in [2.05, 4.69) is 19.1 Å². The van der Waals surface area contributed by atoms with Gasteiger partial charge in [0.25, 0.3) is 0 Å². The molecule has 0 bridgehead atoms. The van der Waals surface area contributed by atoms with Crippen molar-refractivity contribution < 1.29 is 19.7 Å². The Balaban J connectivity index is 3.53. The number of rotatable bonds is 19. The Morgan fingerprint density at radius 3 is 1.70 bits per heavy atom. The Bertz CT molecular complexity index is 365. The molecule has 2 N–H and O–H groups in total. The zero-order valence-corrected chi connectivity index (χ0v) is 17.5. The number of nitrogens with zero attached hydrogens (tertiary/aromatic N) is 1. The molecule has 0 aliphatic heterocycles.